The molecule has 24 amide bonds. The Morgan fingerprint density at radius 1 is 0.380 bits per heavy atom. The number of carbonyl (C=O) groups is 25. The van der Waals surface area contributed by atoms with E-state index in [4.69, 9.17) is 34.4 Å². The first kappa shape index (κ1) is 119. The number of carbonyl (C=O) groups excluding carboxylic acids is 24. The largest absolute Gasteiger partial charge is 0.480 e. The first-order valence-electron chi connectivity index (χ1n) is 45.1. The molecule has 55 nitrogen and oxygen atoms in total. The monoisotopic (exact) mass is 2000 g/mol. The molecule has 1 fully saturated rings. The predicted octanol–water partition coefficient (Wildman–Crippen LogP) is -13.2. The van der Waals surface area contributed by atoms with Gasteiger partial charge in [0.25, 0.3) is 0 Å². The lowest BCUT2D eigenvalue weighted by molar-refractivity contribution is -0.143. The van der Waals surface area contributed by atoms with Gasteiger partial charge in [-0.15, -0.1) is 0 Å². The van der Waals surface area contributed by atoms with Crippen LogP contribution < -0.4 is 130 Å². The van der Waals surface area contributed by atoms with Crippen molar-refractivity contribution in [2.24, 2.45) is 46.2 Å². The second-order valence-electron chi connectivity index (χ2n) is 34.2. The van der Waals surface area contributed by atoms with Gasteiger partial charge in [-0.25, -0.2) is 9.78 Å². The van der Waals surface area contributed by atoms with Crippen molar-refractivity contribution >= 4 is 148 Å². The van der Waals surface area contributed by atoms with Crippen molar-refractivity contribution in [3.05, 3.63) is 90.0 Å². The van der Waals surface area contributed by atoms with Gasteiger partial charge >= 0.3 is 5.97 Å². The molecule has 0 aliphatic carbocycles. The number of nitrogens with one attached hydrogen (secondary N) is 19. The van der Waals surface area contributed by atoms with Crippen molar-refractivity contribution < 1.29 is 135 Å². The number of nitrogens with two attached hydrogens (primary N) is 6. The molecule has 0 bridgehead atoms. The minimum Gasteiger partial charge on any atom is -0.480 e. The number of carboxylic acids is 1. The van der Waals surface area contributed by atoms with Gasteiger partial charge in [-0.2, -0.15) is 0 Å². The second-order valence-corrected chi connectivity index (χ2v) is 34.2. The van der Waals surface area contributed by atoms with E-state index in [-0.39, 0.29) is 56.2 Å². The molecule has 2 heterocycles. The molecule has 17 atom stereocenters. The highest BCUT2D eigenvalue weighted by atomic mass is 16.4. The van der Waals surface area contributed by atoms with Crippen molar-refractivity contribution in [2.45, 2.75) is 248 Å². The summed E-state index contributed by atoms with van der Waals surface area (Å²) < 4.78 is 0. The van der Waals surface area contributed by atoms with Crippen molar-refractivity contribution in [3.63, 3.8) is 0 Å². The normalized spacial score (nSPS) is 15.4. The van der Waals surface area contributed by atoms with Gasteiger partial charge in [0.15, 0.2) is 0 Å². The average molecular weight is 2000 g/mol. The lowest BCUT2D eigenvalue weighted by atomic mass is 10.0. The van der Waals surface area contributed by atoms with Gasteiger partial charge in [-0.05, 0) is 89.2 Å². The van der Waals surface area contributed by atoms with Crippen molar-refractivity contribution in [3.8, 4) is 0 Å². The zero-order valence-corrected chi connectivity index (χ0v) is 79.4. The van der Waals surface area contributed by atoms with E-state index in [2.05, 4.69) is 100 Å². The molecule has 4 rings (SSSR count). The Labute approximate surface area is 813 Å². The number of nitrogens with zero attached hydrogens (tertiary/aromatic N) is 2. The van der Waals surface area contributed by atoms with Crippen molar-refractivity contribution in [1.29, 1.82) is 0 Å². The van der Waals surface area contributed by atoms with Crippen LogP contribution in [0.4, 0.5) is 0 Å². The van der Waals surface area contributed by atoms with E-state index in [1.807, 2.05) is 5.32 Å². The zero-order chi connectivity index (χ0) is 106. The van der Waals surface area contributed by atoms with Crippen LogP contribution in [0.25, 0.3) is 0 Å². The number of hydrogen-bond acceptors (Lipinski definition) is 29. The smallest absolute Gasteiger partial charge is 0.328 e. The van der Waals surface area contributed by atoms with E-state index < -0.39 is 341 Å². The third-order valence-corrected chi connectivity index (χ3v) is 21.6. The minimum absolute atomic E-state index is 0.0969. The topological polar surface area (TPSA) is 892 Å². The SMILES string of the molecule is CC(C)C[C@H](NC(=O)[C@@H](N)C(C)C)C(=O)NCC(=O)N[C@@H](CC(N)=O)C(=O)N[C@@H](Cc1c[nH]cn1)C(=O)N[C@@H](CCC(N)=O)C(=O)NCC(=O)N[C@@H](C)C(=O)NCC(=O)N[C@@H](Cc1ccccc1)C(=O)N[C@@H](C)C(=O)N[C@@H](CC(N)=O)C(=O)N[C@@H](Cc1ccccc1)C(=O)N1CCC[C@H]1C(=O)N[C@@H](CO)C(=O)N[C@@H](CCC(N)=O)C(=O)N[C@@H](CCC(N)=O)C(=O)N[C@@H](C)C(=O)N[C@@H](C)C(=O)N[C@@H](CO)C(=O)O. The van der Waals surface area contributed by atoms with Crippen LogP contribution in [-0.2, 0) is 139 Å². The minimum atomic E-state index is -1.94. The maximum atomic E-state index is 14.9. The third-order valence-electron chi connectivity index (χ3n) is 21.6. The van der Waals surface area contributed by atoms with E-state index >= 15 is 0 Å². The number of hydrogen-bond donors (Lipinski definition) is 28. The van der Waals surface area contributed by atoms with Crippen LogP contribution in [-0.4, -0.2) is 320 Å². The Kier molecular flexibility index (Phi) is 49.7. The van der Waals surface area contributed by atoms with Crippen LogP contribution >= 0.6 is 0 Å². The van der Waals surface area contributed by atoms with Gasteiger partial charge < -0.3 is 155 Å². The van der Waals surface area contributed by atoms with Crippen molar-refractivity contribution in [2.75, 3.05) is 39.4 Å². The highest BCUT2D eigenvalue weighted by Gasteiger charge is 2.43. The molecule has 0 spiro atoms. The quantitative estimate of drug-likeness (QED) is 0.0249. The summed E-state index contributed by atoms with van der Waals surface area (Å²) in [5, 5.41) is 70.9. The number of carboxylic acid groups (broad SMARTS) is 1. The lowest BCUT2D eigenvalue weighted by Crippen LogP contribution is -2.61. The fourth-order valence-corrected chi connectivity index (χ4v) is 13.7. The number of aliphatic hydroxyl groups excluding tert-OH is 2. The van der Waals surface area contributed by atoms with Gasteiger partial charge in [0.1, 0.15) is 96.7 Å². The first-order chi connectivity index (χ1) is 66.8. The lowest BCUT2D eigenvalue weighted by Gasteiger charge is -2.31. The number of primary amides is 5. The molecule has 0 radical (unpaired) electrons. The van der Waals surface area contributed by atoms with Crippen LogP contribution in [0.2, 0.25) is 0 Å². The van der Waals surface area contributed by atoms with Crippen molar-refractivity contribution in [1.82, 2.24) is 111 Å². The summed E-state index contributed by atoms with van der Waals surface area (Å²) in [5.41, 5.74) is 34.2. The molecule has 1 aliphatic rings. The summed E-state index contributed by atoms with van der Waals surface area (Å²) >= 11 is 0. The standard InChI is InChI=1S/C87H129N27O28/c1-41(2)28-53(110-85(139)70(93)42(3)4)76(130)97-37-69(124)104-56(32-65(91)120)81(135)109-55(31-49-34-94-40-98-49)80(134)105-50(21-24-62(88)117)75(129)96-35-67(122)99-43(5)71(125)95-36-68(123)103-54(29-47-16-11-9-12-17-47)79(133)102-46(8)73(127)108-57(33-66(92)121)82(136)111-58(30-48-18-13-10-14-19-48)86(140)114-27-15-20-61(114)84(138)112-59(38-115)83(137)107-52(23-26-64(90)119)78(132)106-51(22-25-63(89)118)77(131)101-44(6)72(126)100-45(7)74(128)113-60(39-116)87(141)142/h9-14,16-19,34,40-46,50-61,70,115-116H,15,20-33,35-39,93H2,1-8H3,(H2,88,117)(H2,89,118)(H2,90,119)(H2,91,120)(H2,92,121)(H,94,98)(H,95,125)(H,96,129)(H,97,130)(H,99,122)(H,100,126)(H,101,131)(H,102,133)(H,103,123)(H,104,124)(H,105,134)(H,106,132)(H,107,137)(H,108,127)(H,109,135)(H,110,139)(H,111,136)(H,112,138)(H,113,128)(H,141,142)/t43-,44-,45-,46-,50-,51-,52-,53-,54-,55-,56-,57-,58-,59-,60-,61-,70-/m0/s1. The number of aliphatic hydroxyl groups is 2. The molecule has 55 heteroatoms. The number of likely N-dealkylation sites (tertiary alicyclic amines) is 1. The van der Waals surface area contributed by atoms with Crippen LogP contribution in [0.1, 0.15) is 143 Å². The summed E-state index contributed by atoms with van der Waals surface area (Å²) in [6.07, 6.45) is -3.37. The molecular weight excluding hydrogens is 1870 g/mol. The summed E-state index contributed by atoms with van der Waals surface area (Å²) in [7, 11) is 0. The fourth-order valence-electron chi connectivity index (χ4n) is 13.7. The molecule has 780 valence electrons. The molecule has 0 saturated carbocycles. The molecule has 0 unspecified atom stereocenters. The number of benzene rings is 2. The highest BCUT2D eigenvalue weighted by molar-refractivity contribution is 6.03. The van der Waals surface area contributed by atoms with E-state index in [9.17, 15) is 135 Å². The Morgan fingerprint density at radius 3 is 1.18 bits per heavy atom. The molecule has 3 aromatic rings. The highest BCUT2D eigenvalue weighted by Crippen LogP contribution is 2.22. The summed E-state index contributed by atoms with van der Waals surface area (Å²) in [5.74, 6) is -27.1. The number of H-pyrrole nitrogens is 1. The molecule has 142 heavy (non-hydrogen) atoms. The molecular formula is C87H129N27O28. The third kappa shape index (κ3) is 42.3. The van der Waals surface area contributed by atoms with Gasteiger partial charge in [0.05, 0.1) is 63.8 Å². The summed E-state index contributed by atoms with van der Waals surface area (Å²) in [4.78, 5) is 341. The second kappa shape index (κ2) is 59.5. The van der Waals surface area contributed by atoms with Gasteiger partial charge in [0, 0.05) is 51.3 Å². The van der Waals surface area contributed by atoms with Gasteiger partial charge in [-0.1, -0.05) is 88.4 Å². The first-order valence-corrected chi connectivity index (χ1v) is 45.1. The predicted molar refractivity (Wildman–Crippen MR) is 495 cm³/mol. The van der Waals surface area contributed by atoms with E-state index in [0.717, 1.165) is 25.7 Å². The molecule has 2 aromatic carbocycles. The number of amides is 24. The Bertz CT molecular complexity index is 4970. The fraction of sp³-hybridized carbons (Fsp3) is 0.540. The number of aromatic amines is 1. The zero-order valence-electron chi connectivity index (χ0n) is 79.4. The van der Waals surface area contributed by atoms with Crippen LogP contribution in [0.5, 0.6) is 0 Å². The number of imidazole rings is 1. The molecule has 34 N–H and O–H groups in total. The molecule has 1 saturated heterocycles. The van der Waals surface area contributed by atoms with Gasteiger partial charge in [-0.3, -0.25) is 115 Å². The Hall–Kier alpha value is -15.7. The van der Waals surface area contributed by atoms with Gasteiger partial charge in [0.2, 0.25) is 142 Å². The maximum absolute atomic E-state index is 14.9. The summed E-state index contributed by atoms with van der Waals surface area (Å²) in [6, 6.07) is -11.1. The average Bonchev–Trinajstić information content (AvgIpc) is 1.64. The number of aromatic nitrogens is 2. The Balaban J connectivity index is 1.44. The number of rotatable bonds is 62. The molecule has 1 aliphatic heterocycles. The van der Waals surface area contributed by atoms with Crippen LogP contribution in [0.3, 0.4) is 0 Å². The molecule has 1 aromatic heterocycles. The van der Waals surface area contributed by atoms with Crippen LogP contribution in [0, 0.1) is 11.8 Å². The Morgan fingerprint density at radius 2 is 0.732 bits per heavy atom. The maximum Gasteiger partial charge on any atom is 0.328 e. The summed E-state index contributed by atoms with van der Waals surface area (Å²) in [6.45, 7) is 6.69. The van der Waals surface area contributed by atoms with E-state index in [1.54, 1.807) is 88.4 Å². The van der Waals surface area contributed by atoms with E-state index in [1.165, 1.54) is 19.4 Å². The van der Waals surface area contributed by atoms with E-state index in [0.29, 0.717) is 11.1 Å². The number of aliphatic carboxylic acids is 1. The van der Waals surface area contributed by atoms with Crippen LogP contribution in [0.15, 0.2) is 73.2 Å².